The van der Waals surface area contributed by atoms with Gasteiger partial charge in [0, 0.05) is 27.9 Å². The average molecular weight is 493 g/mol. The second kappa shape index (κ2) is 9.18. The zero-order chi connectivity index (χ0) is 19.2. The van der Waals surface area contributed by atoms with Gasteiger partial charge in [0.05, 0.1) is 12.7 Å². The molecule has 27 heavy (non-hydrogen) atoms. The van der Waals surface area contributed by atoms with Crippen molar-refractivity contribution in [1.29, 1.82) is 0 Å². The van der Waals surface area contributed by atoms with Crippen LogP contribution in [0.15, 0.2) is 59.9 Å². The Labute approximate surface area is 177 Å². The van der Waals surface area contributed by atoms with Crippen molar-refractivity contribution in [3.63, 3.8) is 0 Å². The maximum absolute atomic E-state index is 13.2. The van der Waals surface area contributed by atoms with Crippen LogP contribution in [0.3, 0.4) is 0 Å². The number of methoxy groups -OCH3 is 1. The average Bonchev–Trinajstić information content (AvgIpc) is 2.71. The first-order valence-electron chi connectivity index (χ1n) is 8.56. The van der Waals surface area contributed by atoms with E-state index in [0.29, 0.717) is 27.7 Å². The lowest BCUT2D eigenvalue weighted by molar-refractivity contribution is 0.103. The number of ether oxygens (including phenoxy) is 1. The summed E-state index contributed by atoms with van der Waals surface area (Å²) in [7, 11) is 1.60. The molecule has 1 fully saturated rings. The molecule has 1 heterocycles. The lowest BCUT2D eigenvalue weighted by Gasteiger charge is -2.23. The van der Waals surface area contributed by atoms with E-state index >= 15 is 0 Å². The van der Waals surface area contributed by atoms with Crippen LogP contribution >= 0.6 is 34.8 Å². The summed E-state index contributed by atoms with van der Waals surface area (Å²) in [5, 5.41) is 9.71. The van der Waals surface area contributed by atoms with Crippen LogP contribution in [-0.4, -0.2) is 31.0 Å². The smallest absolute Gasteiger partial charge is 0.199 e. The minimum atomic E-state index is -0.141. The summed E-state index contributed by atoms with van der Waals surface area (Å²) >= 11 is 7.85. The lowest BCUT2D eigenvalue weighted by atomic mass is 10.0. The Morgan fingerprint density at radius 3 is 2.30 bits per heavy atom. The van der Waals surface area contributed by atoms with Gasteiger partial charge in [0.2, 0.25) is 0 Å². The molecule has 3 rings (SSSR count). The molecule has 0 aliphatic carbocycles. The van der Waals surface area contributed by atoms with Crippen LogP contribution in [0, 0.1) is 3.57 Å². The zero-order valence-corrected chi connectivity index (χ0v) is 17.8. The summed E-state index contributed by atoms with van der Waals surface area (Å²) in [5.74, 6) is 1.23. The standard InChI is InChI=1S/C20H20IN3O2S/c1-26-16-9-3-13(4-10-16)18(25)17(19-22-11-2-12-23-19)20(27)24-15-7-5-14(21)6-8-15/h3-10,22-23H,2,11-12H2,1H3,(H,24,27). The Balaban J connectivity index is 1.91. The first-order valence-corrected chi connectivity index (χ1v) is 10.0. The molecule has 1 saturated heterocycles. The van der Waals surface area contributed by atoms with E-state index in [-0.39, 0.29) is 5.78 Å². The molecular formula is C20H20IN3O2S. The van der Waals surface area contributed by atoms with Gasteiger partial charge in [0.1, 0.15) is 16.6 Å². The molecule has 2 aromatic carbocycles. The van der Waals surface area contributed by atoms with Gasteiger partial charge in [-0.05, 0) is 77.5 Å². The summed E-state index contributed by atoms with van der Waals surface area (Å²) in [6.45, 7) is 1.60. The number of anilines is 1. The fourth-order valence-corrected chi connectivity index (χ4v) is 3.37. The number of Topliss-reactive ketones (excluding diaryl/α,β-unsaturated/α-hetero) is 1. The van der Waals surface area contributed by atoms with Crippen LogP contribution in [-0.2, 0) is 0 Å². The van der Waals surface area contributed by atoms with Crippen molar-refractivity contribution in [3.05, 3.63) is 69.1 Å². The Bertz CT molecular complexity index is 856. The molecule has 0 spiro atoms. The molecule has 5 nitrogen and oxygen atoms in total. The number of thiocarbonyl (C=S) groups is 1. The molecule has 0 unspecified atom stereocenters. The van der Waals surface area contributed by atoms with Gasteiger partial charge in [0.15, 0.2) is 5.78 Å². The molecule has 0 bridgehead atoms. The first-order chi connectivity index (χ1) is 13.1. The molecule has 2 aromatic rings. The van der Waals surface area contributed by atoms with Gasteiger partial charge in [-0.25, -0.2) is 0 Å². The van der Waals surface area contributed by atoms with Gasteiger partial charge in [-0.3, -0.25) is 4.79 Å². The minimum Gasteiger partial charge on any atom is -0.497 e. The Morgan fingerprint density at radius 1 is 1.07 bits per heavy atom. The third-order valence-corrected chi connectivity index (χ3v) is 5.14. The highest BCUT2D eigenvalue weighted by molar-refractivity contribution is 14.1. The monoisotopic (exact) mass is 493 g/mol. The fraction of sp³-hybridized carbons (Fsp3) is 0.200. The zero-order valence-electron chi connectivity index (χ0n) is 14.8. The summed E-state index contributed by atoms with van der Waals surface area (Å²) in [4.78, 5) is 13.6. The molecule has 0 atom stereocenters. The predicted octanol–water partition coefficient (Wildman–Crippen LogP) is 3.72. The molecule has 7 heteroatoms. The summed E-state index contributed by atoms with van der Waals surface area (Å²) in [6.07, 6.45) is 0.991. The van der Waals surface area contributed by atoms with Crippen molar-refractivity contribution >= 4 is 51.3 Å². The fourth-order valence-electron chi connectivity index (χ4n) is 2.70. The number of benzene rings is 2. The maximum Gasteiger partial charge on any atom is 0.199 e. The van der Waals surface area contributed by atoms with Gasteiger partial charge in [-0.2, -0.15) is 0 Å². The molecule has 1 aliphatic heterocycles. The second-order valence-electron chi connectivity index (χ2n) is 5.98. The number of halogens is 1. The number of carbonyl (C=O) groups excluding carboxylic acids is 1. The summed E-state index contributed by atoms with van der Waals surface area (Å²) in [5.41, 5.74) is 1.84. The Morgan fingerprint density at radius 2 is 1.70 bits per heavy atom. The summed E-state index contributed by atoms with van der Waals surface area (Å²) < 4.78 is 6.31. The normalized spacial score (nSPS) is 13.2. The van der Waals surface area contributed by atoms with E-state index in [1.54, 1.807) is 31.4 Å². The largest absolute Gasteiger partial charge is 0.497 e. The van der Waals surface area contributed by atoms with Crippen LogP contribution in [0.5, 0.6) is 5.75 Å². The van der Waals surface area contributed by atoms with E-state index in [2.05, 4.69) is 38.5 Å². The minimum absolute atomic E-state index is 0.141. The highest BCUT2D eigenvalue weighted by Gasteiger charge is 2.23. The topological polar surface area (TPSA) is 62.4 Å². The number of carbonyl (C=O) groups is 1. The number of hydrogen-bond donors (Lipinski definition) is 3. The molecule has 0 amide bonds. The van der Waals surface area contributed by atoms with Gasteiger partial charge in [0.25, 0.3) is 0 Å². The second-order valence-corrected chi connectivity index (χ2v) is 7.63. The van der Waals surface area contributed by atoms with Crippen molar-refractivity contribution < 1.29 is 9.53 Å². The summed E-state index contributed by atoms with van der Waals surface area (Å²) in [6, 6.07) is 14.9. The molecular weight excluding hydrogens is 473 g/mol. The van der Waals surface area contributed by atoms with E-state index in [1.165, 1.54) is 0 Å². The SMILES string of the molecule is COc1ccc(C(=O)C(C(=S)Nc2ccc(I)cc2)=C2NCCCN2)cc1. The number of rotatable bonds is 5. The van der Waals surface area contributed by atoms with E-state index in [4.69, 9.17) is 17.0 Å². The number of nitrogens with one attached hydrogen (secondary N) is 3. The number of hydrogen-bond acceptors (Lipinski definition) is 5. The molecule has 0 radical (unpaired) electrons. The van der Waals surface area contributed by atoms with Crippen LogP contribution in [0.1, 0.15) is 16.8 Å². The molecule has 0 saturated carbocycles. The Hall–Kier alpha value is -2.13. The third kappa shape index (κ3) is 4.98. The van der Waals surface area contributed by atoms with Crippen LogP contribution in [0.2, 0.25) is 0 Å². The van der Waals surface area contributed by atoms with E-state index in [1.807, 2.05) is 24.3 Å². The molecule has 140 valence electrons. The van der Waals surface area contributed by atoms with Crippen LogP contribution in [0.4, 0.5) is 5.69 Å². The number of ketones is 1. The van der Waals surface area contributed by atoms with Crippen molar-refractivity contribution in [2.75, 3.05) is 25.5 Å². The molecule has 1 aliphatic rings. The highest BCUT2D eigenvalue weighted by Crippen LogP contribution is 2.19. The predicted molar refractivity (Wildman–Crippen MR) is 120 cm³/mol. The van der Waals surface area contributed by atoms with Crippen molar-refractivity contribution in [1.82, 2.24) is 10.6 Å². The van der Waals surface area contributed by atoms with Crippen LogP contribution < -0.4 is 20.7 Å². The van der Waals surface area contributed by atoms with Gasteiger partial charge < -0.3 is 20.7 Å². The molecule has 3 N–H and O–H groups in total. The van der Waals surface area contributed by atoms with Crippen molar-refractivity contribution in [3.8, 4) is 5.75 Å². The van der Waals surface area contributed by atoms with Crippen LogP contribution in [0.25, 0.3) is 0 Å². The Kier molecular flexibility index (Phi) is 6.68. The van der Waals surface area contributed by atoms with E-state index in [0.717, 1.165) is 28.8 Å². The van der Waals surface area contributed by atoms with Gasteiger partial charge in [-0.15, -0.1) is 0 Å². The van der Waals surface area contributed by atoms with Gasteiger partial charge in [-0.1, -0.05) is 12.2 Å². The van der Waals surface area contributed by atoms with E-state index < -0.39 is 0 Å². The van der Waals surface area contributed by atoms with Gasteiger partial charge >= 0.3 is 0 Å². The first kappa shape index (κ1) is 19.6. The third-order valence-electron chi connectivity index (χ3n) is 4.12. The lowest BCUT2D eigenvalue weighted by Crippen LogP contribution is -2.39. The molecule has 0 aromatic heterocycles. The quantitative estimate of drug-likeness (QED) is 0.256. The van der Waals surface area contributed by atoms with E-state index in [9.17, 15) is 4.79 Å². The maximum atomic E-state index is 13.2. The van der Waals surface area contributed by atoms with Crippen molar-refractivity contribution in [2.45, 2.75) is 6.42 Å². The van der Waals surface area contributed by atoms with Crippen molar-refractivity contribution in [2.24, 2.45) is 0 Å². The highest BCUT2D eigenvalue weighted by atomic mass is 127.